The second kappa shape index (κ2) is 6.91. The van der Waals surface area contributed by atoms with Crippen LogP contribution in [0.4, 0.5) is 13.2 Å². The fourth-order valence-electron chi connectivity index (χ4n) is 1.87. The standard InChI is InChI=1S/C14H20F3NO/c1-3-12(4-2)18-9-13(19)10-5-7-11(8-6-10)14(15,16)17/h5-8,12-13,18-19H,3-4,9H2,1-2H3. The normalized spacial score (nSPS) is 13.8. The van der Waals surface area contributed by atoms with Crippen molar-refractivity contribution in [3.63, 3.8) is 0 Å². The summed E-state index contributed by atoms with van der Waals surface area (Å²) in [7, 11) is 0. The fourth-order valence-corrected chi connectivity index (χ4v) is 1.87. The number of rotatable bonds is 6. The molecule has 2 nitrogen and oxygen atoms in total. The third-order valence-corrected chi connectivity index (χ3v) is 3.21. The first-order valence-corrected chi connectivity index (χ1v) is 6.47. The Morgan fingerprint density at radius 1 is 1.11 bits per heavy atom. The number of aliphatic hydroxyl groups excluding tert-OH is 1. The second-order valence-corrected chi connectivity index (χ2v) is 4.56. The molecule has 0 saturated carbocycles. The van der Waals surface area contributed by atoms with E-state index in [1.54, 1.807) is 0 Å². The third kappa shape index (κ3) is 4.84. The highest BCUT2D eigenvalue weighted by molar-refractivity contribution is 5.26. The molecule has 0 aromatic heterocycles. The van der Waals surface area contributed by atoms with E-state index in [-0.39, 0.29) is 0 Å². The lowest BCUT2D eigenvalue weighted by Gasteiger charge is -2.18. The molecule has 1 atom stereocenters. The van der Waals surface area contributed by atoms with Gasteiger partial charge in [0.25, 0.3) is 0 Å². The zero-order valence-electron chi connectivity index (χ0n) is 11.2. The molecule has 0 bridgehead atoms. The van der Waals surface area contributed by atoms with Crippen LogP contribution in [0.15, 0.2) is 24.3 Å². The maximum atomic E-state index is 12.4. The number of nitrogens with one attached hydrogen (secondary N) is 1. The summed E-state index contributed by atoms with van der Waals surface area (Å²) < 4.78 is 37.2. The maximum Gasteiger partial charge on any atom is 0.416 e. The van der Waals surface area contributed by atoms with Gasteiger partial charge in [-0.15, -0.1) is 0 Å². The van der Waals surface area contributed by atoms with Crippen molar-refractivity contribution in [2.75, 3.05) is 6.54 Å². The number of hydrogen-bond donors (Lipinski definition) is 2. The summed E-state index contributed by atoms with van der Waals surface area (Å²) in [6.07, 6.45) is -3.22. The molecule has 0 aliphatic rings. The van der Waals surface area contributed by atoms with Gasteiger partial charge < -0.3 is 10.4 Å². The SMILES string of the molecule is CCC(CC)NCC(O)c1ccc(C(F)(F)F)cc1. The minimum absolute atomic E-state index is 0.323. The molecule has 0 aliphatic carbocycles. The van der Waals surface area contributed by atoms with Crippen molar-refractivity contribution in [1.82, 2.24) is 5.32 Å². The van der Waals surface area contributed by atoms with Crippen molar-refractivity contribution in [3.8, 4) is 0 Å². The van der Waals surface area contributed by atoms with Gasteiger partial charge in [-0.3, -0.25) is 0 Å². The highest BCUT2D eigenvalue weighted by Crippen LogP contribution is 2.29. The van der Waals surface area contributed by atoms with Gasteiger partial charge in [0, 0.05) is 12.6 Å². The Hall–Kier alpha value is -1.07. The molecule has 0 aliphatic heterocycles. The second-order valence-electron chi connectivity index (χ2n) is 4.56. The summed E-state index contributed by atoms with van der Waals surface area (Å²) in [6.45, 7) is 4.44. The van der Waals surface area contributed by atoms with Crippen molar-refractivity contribution in [3.05, 3.63) is 35.4 Å². The van der Waals surface area contributed by atoms with Gasteiger partial charge in [-0.25, -0.2) is 0 Å². The number of aliphatic hydroxyl groups is 1. The Morgan fingerprint density at radius 2 is 1.63 bits per heavy atom. The van der Waals surface area contributed by atoms with Gasteiger partial charge in [-0.1, -0.05) is 26.0 Å². The monoisotopic (exact) mass is 275 g/mol. The van der Waals surface area contributed by atoms with Gasteiger partial charge in [-0.05, 0) is 30.5 Å². The van der Waals surface area contributed by atoms with E-state index < -0.39 is 17.8 Å². The minimum Gasteiger partial charge on any atom is -0.387 e. The summed E-state index contributed by atoms with van der Waals surface area (Å²) in [4.78, 5) is 0. The molecule has 1 aromatic carbocycles. The molecule has 1 aromatic rings. The summed E-state index contributed by atoms with van der Waals surface area (Å²) in [6, 6.07) is 4.96. The Labute approximate surface area is 111 Å². The van der Waals surface area contributed by atoms with Gasteiger partial charge in [0.05, 0.1) is 11.7 Å². The zero-order valence-corrected chi connectivity index (χ0v) is 11.2. The molecule has 1 rings (SSSR count). The average molecular weight is 275 g/mol. The van der Waals surface area contributed by atoms with Crippen molar-refractivity contribution in [2.24, 2.45) is 0 Å². The van der Waals surface area contributed by atoms with E-state index in [1.165, 1.54) is 12.1 Å². The molecule has 5 heteroatoms. The molecule has 1 unspecified atom stereocenters. The van der Waals surface area contributed by atoms with Crippen LogP contribution in [0.1, 0.15) is 43.9 Å². The lowest BCUT2D eigenvalue weighted by molar-refractivity contribution is -0.137. The largest absolute Gasteiger partial charge is 0.416 e. The predicted octanol–water partition coefficient (Wildman–Crippen LogP) is 3.52. The van der Waals surface area contributed by atoms with E-state index in [0.717, 1.165) is 25.0 Å². The van der Waals surface area contributed by atoms with Crippen LogP contribution in [0.3, 0.4) is 0 Å². The van der Waals surface area contributed by atoms with Gasteiger partial charge in [0.2, 0.25) is 0 Å². The lowest BCUT2D eigenvalue weighted by Crippen LogP contribution is -2.31. The topological polar surface area (TPSA) is 32.3 Å². The zero-order chi connectivity index (χ0) is 14.5. The molecular formula is C14H20F3NO. The highest BCUT2D eigenvalue weighted by Gasteiger charge is 2.30. The molecular weight excluding hydrogens is 255 g/mol. The summed E-state index contributed by atoms with van der Waals surface area (Å²) in [5.74, 6) is 0. The van der Waals surface area contributed by atoms with Crippen LogP contribution in [0.5, 0.6) is 0 Å². The Morgan fingerprint density at radius 3 is 2.05 bits per heavy atom. The molecule has 108 valence electrons. The number of hydrogen-bond acceptors (Lipinski definition) is 2. The summed E-state index contributed by atoms with van der Waals surface area (Å²) >= 11 is 0. The fraction of sp³-hybridized carbons (Fsp3) is 0.571. The molecule has 2 N–H and O–H groups in total. The van der Waals surface area contributed by atoms with E-state index in [1.807, 2.05) is 13.8 Å². The number of halogens is 3. The molecule has 0 saturated heterocycles. The molecule has 0 amide bonds. The molecule has 0 heterocycles. The van der Waals surface area contributed by atoms with E-state index in [4.69, 9.17) is 0 Å². The predicted molar refractivity (Wildman–Crippen MR) is 68.8 cm³/mol. The van der Waals surface area contributed by atoms with Crippen LogP contribution in [0, 0.1) is 0 Å². The van der Waals surface area contributed by atoms with Crippen molar-refractivity contribution in [1.29, 1.82) is 0 Å². The van der Waals surface area contributed by atoms with Crippen LogP contribution in [-0.2, 0) is 6.18 Å². The summed E-state index contributed by atoms with van der Waals surface area (Å²) in [5, 5.41) is 13.1. The van der Waals surface area contributed by atoms with Gasteiger partial charge in [0.1, 0.15) is 0 Å². The van der Waals surface area contributed by atoms with Gasteiger partial charge in [-0.2, -0.15) is 13.2 Å². The van der Waals surface area contributed by atoms with Crippen LogP contribution >= 0.6 is 0 Å². The summed E-state index contributed by atoms with van der Waals surface area (Å²) in [5.41, 5.74) is -0.206. The van der Waals surface area contributed by atoms with Crippen LogP contribution < -0.4 is 5.32 Å². The molecule has 0 fully saturated rings. The average Bonchev–Trinajstić information content (AvgIpc) is 2.39. The van der Waals surface area contributed by atoms with Crippen molar-refractivity contribution < 1.29 is 18.3 Å². The first-order chi connectivity index (χ1) is 8.88. The Balaban J connectivity index is 2.60. The van der Waals surface area contributed by atoms with E-state index in [2.05, 4.69) is 5.32 Å². The van der Waals surface area contributed by atoms with E-state index in [9.17, 15) is 18.3 Å². The highest BCUT2D eigenvalue weighted by atomic mass is 19.4. The maximum absolute atomic E-state index is 12.4. The first kappa shape index (κ1) is 16.0. The van der Waals surface area contributed by atoms with Crippen LogP contribution in [-0.4, -0.2) is 17.7 Å². The molecule has 0 spiro atoms. The minimum atomic E-state index is -4.34. The van der Waals surface area contributed by atoms with Crippen LogP contribution in [0.25, 0.3) is 0 Å². The van der Waals surface area contributed by atoms with Crippen molar-refractivity contribution in [2.45, 2.75) is 45.0 Å². The quantitative estimate of drug-likeness (QED) is 0.832. The first-order valence-electron chi connectivity index (χ1n) is 6.47. The van der Waals surface area contributed by atoms with Crippen LogP contribution in [0.2, 0.25) is 0 Å². The lowest BCUT2D eigenvalue weighted by atomic mass is 10.1. The third-order valence-electron chi connectivity index (χ3n) is 3.21. The smallest absolute Gasteiger partial charge is 0.387 e. The Kier molecular flexibility index (Phi) is 5.82. The van der Waals surface area contributed by atoms with Gasteiger partial charge >= 0.3 is 6.18 Å². The molecule has 0 radical (unpaired) electrons. The number of benzene rings is 1. The molecule has 19 heavy (non-hydrogen) atoms. The Bertz CT molecular complexity index is 371. The van der Waals surface area contributed by atoms with Gasteiger partial charge in [0.15, 0.2) is 0 Å². The van der Waals surface area contributed by atoms with E-state index >= 15 is 0 Å². The van der Waals surface area contributed by atoms with E-state index in [0.29, 0.717) is 18.2 Å². The van der Waals surface area contributed by atoms with Crippen molar-refractivity contribution >= 4 is 0 Å². The number of alkyl halides is 3.